The molecule has 0 N–H and O–H groups in total. The van der Waals surface area contributed by atoms with Crippen molar-refractivity contribution < 1.29 is 13.7 Å². The normalized spacial score (nSPS) is 17.4. The highest BCUT2D eigenvalue weighted by atomic mass is 19.1. The molecule has 2 heterocycles. The lowest BCUT2D eigenvalue weighted by atomic mass is 10.0. The third-order valence-electron chi connectivity index (χ3n) is 3.98. The average molecular weight is 305 g/mol. The minimum absolute atomic E-state index is 0.130. The molecule has 1 aliphatic heterocycles. The van der Waals surface area contributed by atoms with Crippen LogP contribution < -0.4 is 0 Å². The van der Waals surface area contributed by atoms with Gasteiger partial charge in [0.15, 0.2) is 5.82 Å². The molecule has 1 saturated heterocycles. The maximum absolute atomic E-state index is 13.7. The number of hydrogen-bond donors (Lipinski definition) is 0. The summed E-state index contributed by atoms with van der Waals surface area (Å²) in [5, 5.41) is 3.72. The van der Waals surface area contributed by atoms with E-state index in [0.29, 0.717) is 30.8 Å². The molecule has 118 valence electrons. The van der Waals surface area contributed by atoms with Crippen molar-refractivity contribution >= 4 is 0 Å². The standard InChI is InChI=1S/C16H20FN3O2/c1-11(7-13-5-3-4-6-15(13)17)20-8-14(9-20)21-10-16-18-12(2)19-22-16/h3-6,11,14H,7-10H2,1-2H3. The molecule has 0 amide bonds. The van der Waals surface area contributed by atoms with Crippen molar-refractivity contribution in [3.05, 3.63) is 47.4 Å². The lowest BCUT2D eigenvalue weighted by Crippen LogP contribution is -2.56. The summed E-state index contributed by atoms with van der Waals surface area (Å²) in [6, 6.07) is 7.24. The van der Waals surface area contributed by atoms with Gasteiger partial charge in [0.25, 0.3) is 5.89 Å². The highest BCUT2D eigenvalue weighted by molar-refractivity contribution is 5.18. The van der Waals surface area contributed by atoms with Crippen LogP contribution in [0.4, 0.5) is 4.39 Å². The fourth-order valence-corrected chi connectivity index (χ4v) is 2.63. The lowest BCUT2D eigenvalue weighted by molar-refractivity contribution is -0.0820. The second-order valence-electron chi connectivity index (χ2n) is 5.77. The zero-order valence-electron chi connectivity index (χ0n) is 12.8. The first-order chi connectivity index (χ1) is 10.6. The first kappa shape index (κ1) is 15.1. The van der Waals surface area contributed by atoms with Crippen LogP contribution in [0.15, 0.2) is 28.8 Å². The quantitative estimate of drug-likeness (QED) is 0.820. The molecule has 0 bridgehead atoms. The molecule has 0 radical (unpaired) electrons. The van der Waals surface area contributed by atoms with E-state index in [-0.39, 0.29) is 11.9 Å². The van der Waals surface area contributed by atoms with E-state index in [9.17, 15) is 4.39 Å². The van der Waals surface area contributed by atoms with Gasteiger partial charge in [-0.25, -0.2) is 4.39 Å². The van der Waals surface area contributed by atoms with Crippen LogP contribution in [0.1, 0.15) is 24.2 Å². The molecular weight excluding hydrogens is 285 g/mol. The Bertz CT molecular complexity index is 625. The Balaban J connectivity index is 1.42. The fourth-order valence-electron chi connectivity index (χ4n) is 2.63. The topological polar surface area (TPSA) is 51.4 Å². The molecule has 3 rings (SSSR count). The van der Waals surface area contributed by atoms with Gasteiger partial charge in [-0.15, -0.1) is 0 Å². The summed E-state index contributed by atoms with van der Waals surface area (Å²) in [6.45, 7) is 5.94. The smallest absolute Gasteiger partial charge is 0.252 e. The number of rotatable bonds is 6. The van der Waals surface area contributed by atoms with Crippen molar-refractivity contribution in [1.82, 2.24) is 15.0 Å². The number of aryl methyl sites for hydroxylation is 1. The van der Waals surface area contributed by atoms with Gasteiger partial charge in [-0.1, -0.05) is 23.4 Å². The van der Waals surface area contributed by atoms with E-state index in [1.165, 1.54) is 6.07 Å². The molecular formula is C16H20FN3O2. The minimum Gasteiger partial charge on any atom is -0.366 e. The third-order valence-corrected chi connectivity index (χ3v) is 3.98. The Morgan fingerprint density at radius 2 is 2.18 bits per heavy atom. The summed E-state index contributed by atoms with van der Waals surface area (Å²) >= 11 is 0. The summed E-state index contributed by atoms with van der Waals surface area (Å²) in [5.41, 5.74) is 0.765. The molecule has 5 nitrogen and oxygen atoms in total. The summed E-state index contributed by atoms with van der Waals surface area (Å²) in [6.07, 6.45) is 0.887. The number of ether oxygens (including phenoxy) is 1. The van der Waals surface area contributed by atoms with E-state index < -0.39 is 0 Å². The van der Waals surface area contributed by atoms with E-state index in [2.05, 4.69) is 22.0 Å². The lowest BCUT2D eigenvalue weighted by Gasteiger charge is -2.42. The molecule has 0 aliphatic carbocycles. The van der Waals surface area contributed by atoms with Gasteiger partial charge in [-0.05, 0) is 31.9 Å². The Hall–Kier alpha value is -1.79. The molecule has 1 aromatic carbocycles. The van der Waals surface area contributed by atoms with Gasteiger partial charge < -0.3 is 9.26 Å². The Morgan fingerprint density at radius 1 is 1.41 bits per heavy atom. The van der Waals surface area contributed by atoms with Crippen LogP contribution >= 0.6 is 0 Å². The van der Waals surface area contributed by atoms with Crippen molar-refractivity contribution in [2.45, 2.75) is 39.0 Å². The van der Waals surface area contributed by atoms with Crippen LogP contribution in [0.25, 0.3) is 0 Å². The molecule has 6 heteroatoms. The zero-order valence-corrected chi connectivity index (χ0v) is 12.8. The predicted octanol–water partition coefficient (Wildman–Crippen LogP) is 2.35. The van der Waals surface area contributed by atoms with Gasteiger partial charge >= 0.3 is 0 Å². The molecule has 0 spiro atoms. The maximum atomic E-state index is 13.7. The number of likely N-dealkylation sites (tertiary alicyclic amines) is 1. The third kappa shape index (κ3) is 3.51. The van der Waals surface area contributed by atoms with E-state index in [1.807, 2.05) is 12.1 Å². The summed E-state index contributed by atoms with van der Waals surface area (Å²) in [5.74, 6) is 0.997. The van der Waals surface area contributed by atoms with Crippen molar-refractivity contribution in [3.63, 3.8) is 0 Å². The summed E-state index contributed by atoms with van der Waals surface area (Å²) < 4.78 is 24.4. The van der Waals surface area contributed by atoms with Crippen molar-refractivity contribution in [3.8, 4) is 0 Å². The van der Waals surface area contributed by atoms with Gasteiger partial charge in [-0.2, -0.15) is 4.98 Å². The summed E-state index contributed by atoms with van der Waals surface area (Å²) in [4.78, 5) is 6.39. The van der Waals surface area contributed by atoms with Crippen LogP contribution in [0.5, 0.6) is 0 Å². The van der Waals surface area contributed by atoms with Gasteiger partial charge in [0.2, 0.25) is 0 Å². The highest BCUT2D eigenvalue weighted by Crippen LogP contribution is 2.20. The Kier molecular flexibility index (Phi) is 4.49. The van der Waals surface area contributed by atoms with E-state index in [0.717, 1.165) is 18.7 Å². The molecule has 2 aromatic rings. The molecule has 0 saturated carbocycles. The second kappa shape index (κ2) is 6.54. The SMILES string of the molecule is Cc1noc(COC2CN(C(C)Cc3ccccc3F)C2)n1. The average Bonchev–Trinajstić information content (AvgIpc) is 2.85. The predicted molar refractivity (Wildman–Crippen MR) is 78.8 cm³/mol. The fraction of sp³-hybridized carbons (Fsp3) is 0.500. The number of hydrogen-bond acceptors (Lipinski definition) is 5. The van der Waals surface area contributed by atoms with Crippen molar-refractivity contribution in [2.24, 2.45) is 0 Å². The maximum Gasteiger partial charge on any atom is 0.252 e. The van der Waals surface area contributed by atoms with Gasteiger partial charge in [0.1, 0.15) is 12.4 Å². The second-order valence-corrected chi connectivity index (χ2v) is 5.77. The number of aromatic nitrogens is 2. The van der Waals surface area contributed by atoms with E-state index in [1.54, 1.807) is 13.0 Å². The molecule has 1 aromatic heterocycles. The Labute approximate surface area is 129 Å². The molecule has 1 atom stereocenters. The van der Waals surface area contributed by atoms with Crippen molar-refractivity contribution in [1.29, 1.82) is 0 Å². The number of benzene rings is 1. The largest absolute Gasteiger partial charge is 0.366 e. The number of nitrogens with zero attached hydrogens (tertiary/aromatic N) is 3. The summed E-state index contributed by atoms with van der Waals surface area (Å²) in [7, 11) is 0. The van der Waals surface area contributed by atoms with E-state index in [4.69, 9.17) is 9.26 Å². The van der Waals surface area contributed by atoms with Crippen LogP contribution in [0.3, 0.4) is 0 Å². The molecule has 1 aliphatic rings. The van der Waals surface area contributed by atoms with Crippen LogP contribution in [0.2, 0.25) is 0 Å². The van der Waals surface area contributed by atoms with Gasteiger partial charge in [0.05, 0.1) is 6.10 Å². The molecule has 1 unspecified atom stereocenters. The van der Waals surface area contributed by atoms with E-state index >= 15 is 0 Å². The first-order valence-electron chi connectivity index (χ1n) is 7.50. The number of halogens is 1. The highest BCUT2D eigenvalue weighted by Gasteiger charge is 2.31. The van der Waals surface area contributed by atoms with Crippen LogP contribution in [-0.2, 0) is 17.8 Å². The Morgan fingerprint density at radius 3 is 2.86 bits per heavy atom. The van der Waals surface area contributed by atoms with Gasteiger partial charge in [-0.3, -0.25) is 4.90 Å². The minimum atomic E-state index is -0.130. The van der Waals surface area contributed by atoms with Crippen LogP contribution in [0, 0.1) is 12.7 Å². The molecule has 22 heavy (non-hydrogen) atoms. The van der Waals surface area contributed by atoms with Gasteiger partial charge in [0, 0.05) is 19.1 Å². The monoisotopic (exact) mass is 305 g/mol. The van der Waals surface area contributed by atoms with Crippen LogP contribution in [-0.4, -0.2) is 40.3 Å². The van der Waals surface area contributed by atoms with Crippen molar-refractivity contribution in [2.75, 3.05) is 13.1 Å². The molecule has 1 fully saturated rings. The first-order valence-corrected chi connectivity index (χ1v) is 7.50. The zero-order chi connectivity index (χ0) is 15.5.